The van der Waals surface area contributed by atoms with Crippen LogP contribution in [0.2, 0.25) is 0 Å². The van der Waals surface area contributed by atoms with Gasteiger partial charge in [-0.2, -0.15) is 0 Å². The minimum Gasteiger partial charge on any atom is -0.403 e. The third-order valence-electron chi connectivity index (χ3n) is 5.47. The molecule has 6 nitrogen and oxygen atoms in total. The Kier molecular flexibility index (Phi) is 5.60. The Hall–Kier alpha value is -3.15. The molecule has 3 aromatic rings. The molecular weight excluding hydrogens is 364 g/mol. The van der Waals surface area contributed by atoms with Crippen LogP contribution < -0.4 is 4.90 Å². The summed E-state index contributed by atoms with van der Waals surface area (Å²) in [6.07, 6.45) is 1.58. The predicted octanol–water partition coefficient (Wildman–Crippen LogP) is 3.92. The van der Waals surface area contributed by atoms with E-state index in [1.165, 1.54) is 5.56 Å². The van der Waals surface area contributed by atoms with Crippen molar-refractivity contribution >= 4 is 11.9 Å². The molecule has 0 atom stereocenters. The number of anilines is 1. The molecule has 1 aliphatic heterocycles. The van der Waals surface area contributed by atoms with E-state index in [0.29, 0.717) is 18.5 Å². The van der Waals surface area contributed by atoms with Crippen molar-refractivity contribution in [3.63, 3.8) is 0 Å². The quantitative estimate of drug-likeness (QED) is 0.661. The molecule has 1 aromatic heterocycles. The molecular formula is C23H26N4O2. The molecule has 1 aliphatic rings. The molecule has 0 aliphatic carbocycles. The van der Waals surface area contributed by atoms with Gasteiger partial charge in [-0.1, -0.05) is 53.1 Å². The summed E-state index contributed by atoms with van der Waals surface area (Å²) >= 11 is 0. The smallest absolute Gasteiger partial charge is 0.318 e. The average Bonchev–Trinajstić information content (AvgIpc) is 3.25. The van der Waals surface area contributed by atoms with Crippen molar-refractivity contribution in [1.82, 2.24) is 15.1 Å². The van der Waals surface area contributed by atoms with E-state index in [2.05, 4.69) is 15.1 Å². The van der Waals surface area contributed by atoms with Gasteiger partial charge in [-0.25, -0.2) is 0 Å². The van der Waals surface area contributed by atoms with Crippen LogP contribution in [0.3, 0.4) is 0 Å². The zero-order valence-corrected chi connectivity index (χ0v) is 16.9. The molecule has 1 amide bonds. The number of aryl methyl sites for hydroxylation is 1. The van der Waals surface area contributed by atoms with Gasteiger partial charge in [0.25, 0.3) is 0 Å². The van der Waals surface area contributed by atoms with Crippen LogP contribution in [0, 0.1) is 12.8 Å². The highest BCUT2D eigenvalue weighted by atomic mass is 16.4. The summed E-state index contributed by atoms with van der Waals surface area (Å²) in [5.74, 6) is 0.777. The van der Waals surface area contributed by atoms with E-state index in [0.717, 1.165) is 37.1 Å². The highest BCUT2D eigenvalue weighted by Crippen LogP contribution is 2.27. The maximum absolute atomic E-state index is 12.8. The van der Waals surface area contributed by atoms with Crippen molar-refractivity contribution in [3.8, 4) is 11.5 Å². The number of nitrogens with zero attached hydrogens (tertiary/aromatic N) is 4. The lowest BCUT2D eigenvalue weighted by Crippen LogP contribution is -2.41. The van der Waals surface area contributed by atoms with Gasteiger partial charge in [0.15, 0.2) is 0 Å². The second-order valence-corrected chi connectivity index (χ2v) is 7.70. The van der Waals surface area contributed by atoms with Crippen LogP contribution in [-0.2, 0) is 11.3 Å². The summed E-state index contributed by atoms with van der Waals surface area (Å²) in [6.45, 7) is 4.17. The molecule has 6 heteroatoms. The van der Waals surface area contributed by atoms with Gasteiger partial charge >= 0.3 is 6.01 Å². The fourth-order valence-electron chi connectivity index (χ4n) is 3.72. The topological polar surface area (TPSA) is 62.5 Å². The fourth-order valence-corrected chi connectivity index (χ4v) is 3.72. The van der Waals surface area contributed by atoms with Crippen molar-refractivity contribution in [2.75, 3.05) is 25.0 Å². The molecule has 2 aromatic carbocycles. The van der Waals surface area contributed by atoms with Crippen molar-refractivity contribution in [2.45, 2.75) is 26.3 Å². The molecule has 0 N–H and O–H groups in total. The molecule has 4 rings (SSSR count). The highest BCUT2D eigenvalue weighted by Gasteiger charge is 2.29. The fraction of sp³-hybridized carbons (Fsp3) is 0.348. The summed E-state index contributed by atoms with van der Waals surface area (Å²) in [5, 5.41) is 8.40. The van der Waals surface area contributed by atoms with Crippen molar-refractivity contribution in [3.05, 3.63) is 65.7 Å². The molecule has 0 bridgehead atoms. The minimum absolute atomic E-state index is 0.0412. The SMILES string of the molecule is Cc1ccc(-c2nnc(N3CCC(C(=O)N(C)Cc4ccccc4)CC3)o2)cc1. The molecule has 29 heavy (non-hydrogen) atoms. The van der Waals surface area contributed by atoms with E-state index in [9.17, 15) is 4.79 Å². The first-order valence-electron chi connectivity index (χ1n) is 10.0. The number of rotatable bonds is 5. The van der Waals surface area contributed by atoms with Crippen LogP contribution in [0.5, 0.6) is 0 Å². The molecule has 0 saturated carbocycles. The van der Waals surface area contributed by atoms with Crippen LogP contribution in [0.1, 0.15) is 24.0 Å². The van der Waals surface area contributed by atoms with E-state index >= 15 is 0 Å². The van der Waals surface area contributed by atoms with Gasteiger partial charge in [0.1, 0.15) is 0 Å². The maximum atomic E-state index is 12.8. The van der Waals surface area contributed by atoms with Crippen molar-refractivity contribution < 1.29 is 9.21 Å². The molecule has 0 spiro atoms. The highest BCUT2D eigenvalue weighted by molar-refractivity contribution is 5.78. The third-order valence-corrected chi connectivity index (χ3v) is 5.47. The molecule has 150 valence electrons. The zero-order chi connectivity index (χ0) is 20.2. The normalized spacial score (nSPS) is 14.8. The van der Waals surface area contributed by atoms with Gasteiger partial charge in [0.2, 0.25) is 11.8 Å². The van der Waals surface area contributed by atoms with E-state index < -0.39 is 0 Å². The first-order chi connectivity index (χ1) is 14.1. The predicted molar refractivity (Wildman–Crippen MR) is 112 cm³/mol. The first-order valence-corrected chi connectivity index (χ1v) is 10.0. The minimum atomic E-state index is 0.0412. The van der Waals surface area contributed by atoms with Gasteiger partial charge in [-0.15, -0.1) is 5.10 Å². The van der Waals surface area contributed by atoms with Crippen LogP contribution in [-0.4, -0.2) is 41.1 Å². The lowest BCUT2D eigenvalue weighted by Gasteiger charge is -2.32. The van der Waals surface area contributed by atoms with Gasteiger partial charge in [-0.3, -0.25) is 4.79 Å². The molecule has 1 saturated heterocycles. The van der Waals surface area contributed by atoms with Gasteiger partial charge in [0.05, 0.1) is 0 Å². The first kappa shape index (κ1) is 19.2. The second-order valence-electron chi connectivity index (χ2n) is 7.70. The number of carbonyl (C=O) groups excluding carboxylic acids is 1. The third kappa shape index (κ3) is 4.47. The second kappa shape index (κ2) is 8.47. The summed E-state index contributed by atoms with van der Waals surface area (Å²) in [4.78, 5) is 16.7. The number of benzene rings is 2. The lowest BCUT2D eigenvalue weighted by molar-refractivity contribution is -0.135. The van der Waals surface area contributed by atoms with E-state index in [4.69, 9.17) is 4.42 Å². The Balaban J connectivity index is 1.33. The number of hydrogen-bond donors (Lipinski definition) is 0. The molecule has 0 unspecified atom stereocenters. The Morgan fingerprint density at radius 3 is 2.45 bits per heavy atom. The van der Waals surface area contributed by atoms with Crippen LogP contribution in [0.25, 0.3) is 11.5 Å². The average molecular weight is 390 g/mol. The summed E-state index contributed by atoms with van der Waals surface area (Å²) in [5.41, 5.74) is 3.26. The summed E-state index contributed by atoms with van der Waals surface area (Å²) in [7, 11) is 1.88. The van der Waals surface area contributed by atoms with Gasteiger partial charge < -0.3 is 14.2 Å². The number of aromatic nitrogens is 2. The molecule has 1 fully saturated rings. The Bertz CT molecular complexity index is 945. The number of amides is 1. The zero-order valence-electron chi connectivity index (χ0n) is 16.9. The Morgan fingerprint density at radius 2 is 1.76 bits per heavy atom. The van der Waals surface area contributed by atoms with E-state index in [1.54, 1.807) is 0 Å². The van der Waals surface area contributed by atoms with Gasteiger partial charge in [0, 0.05) is 38.2 Å². The monoisotopic (exact) mass is 390 g/mol. The van der Waals surface area contributed by atoms with Gasteiger partial charge in [-0.05, 0) is 37.5 Å². The van der Waals surface area contributed by atoms with Crippen LogP contribution in [0.15, 0.2) is 59.0 Å². The summed E-state index contributed by atoms with van der Waals surface area (Å²) < 4.78 is 5.88. The van der Waals surface area contributed by atoms with Crippen LogP contribution >= 0.6 is 0 Å². The summed E-state index contributed by atoms with van der Waals surface area (Å²) in [6, 6.07) is 18.7. The van der Waals surface area contributed by atoms with Crippen LogP contribution in [0.4, 0.5) is 6.01 Å². The van der Waals surface area contributed by atoms with E-state index in [1.807, 2.05) is 73.5 Å². The standard InChI is InChI=1S/C23H26N4O2/c1-17-8-10-19(11-9-17)21-24-25-23(29-21)27-14-12-20(13-15-27)22(28)26(2)16-18-6-4-3-5-7-18/h3-11,20H,12-16H2,1-2H3. The molecule has 0 radical (unpaired) electrons. The maximum Gasteiger partial charge on any atom is 0.318 e. The Labute approximate surface area is 171 Å². The lowest BCUT2D eigenvalue weighted by atomic mass is 9.95. The largest absolute Gasteiger partial charge is 0.403 e. The van der Waals surface area contributed by atoms with E-state index in [-0.39, 0.29) is 11.8 Å². The number of piperidine rings is 1. The van der Waals surface area contributed by atoms with Crippen molar-refractivity contribution in [2.24, 2.45) is 5.92 Å². The van der Waals surface area contributed by atoms with Crippen molar-refractivity contribution in [1.29, 1.82) is 0 Å². The number of hydrogen-bond acceptors (Lipinski definition) is 5. The number of carbonyl (C=O) groups is 1. The Morgan fingerprint density at radius 1 is 1.07 bits per heavy atom. The molecule has 2 heterocycles.